The number of hydrogen-bond donors (Lipinski definition) is 1. The quantitative estimate of drug-likeness (QED) is 0.642. The summed E-state index contributed by atoms with van der Waals surface area (Å²) in [5.41, 5.74) is 0.858. The van der Waals surface area contributed by atoms with Crippen molar-refractivity contribution >= 4 is 21.8 Å². The predicted molar refractivity (Wildman–Crippen MR) is 106 cm³/mol. The van der Waals surface area contributed by atoms with Crippen molar-refractivity contribution in [1.29, 1.82) is 0 Å². The number of hydrogen-bond acceptors (Lipinski definition) is 5. The highest BCUT2D eigenvalue weighted by Crippen LogP contribution is 2.13. The van der Waals surface area contributed by atoms with Crippen molar-refractivity contribution in [3.05, 3.63) is 35.9 Å². The zero-order chi connectivity index (χ0) is 20.7. The lowest BCUT2D eigenvalue weighted by Crippen LogP contribution is -2.51. The van der Waals surface area contributed by atoms with Gasteiger partial charge in [-0.1, -0.05) is 30.3 Å². The van der Waals surface area contributed by atoms with Crippen molar-refractivity contribution in [2.75, 3.05) is 33.0 Å². The number of carbonyl (C=O) groups excluding carboxylic acids is 2. The topological polar surface area (TPSA) is 96.0 Å². The smallest absolute Gasteiger partial charge is 0.242 e. The molecule has 0 aromatic heterocycles. The number of amides is 2. The third kappa shape index (κ3) is 6.57. The van der Waals surface area contributed by atoms with Crippen LogP contribution >= 0.6 is 0 Å². The van der Waals surface area contributed by atoms with Crippen LogP contribution in [0.1, 0.15) is 25.3 Å². The van der Waals surface area contributed by atoms with Gasteiger partial charge in [0.25, 0.3) is 0 Å². The number of benzene rings is 1. The lowest BCUT2D eigenvalue weighted by molar-refractivity contribution is -0.140. The largest absolute Gasteiger partial charge is 0.376 e. The Morgan fingerprint density at radius 2 is 1.96 bits per heavy atom. The van der Waals surface area contributed by atoms with E-state index < -0.39 is 22.0 Å². The van der Waals surface area contributed by atoms with Crippen LogP contribution in [-0.4, -0.2) is 74.6 Å². The molecule has 0 bridgehead atoms. The van der Waals surface area contributed by atoms with Gasteiger partial charge in [-0.2, -0.15) is 4.31 Å². The number of sulfonamides is 1. The molecular weight excluding hydrogens is 382 g/mol. The lowest BCUT2D eigenvalue weighted by Gasteiger charge is -2.30. The summed E-state index contributed by atoms with van der Waals surface area (Å²) in [5, 5.41) is 2.84. The van der Waals surface area contributed by atoms with Gasteiger partial charge in [-0.3, -0.25) is 9.59 Å². The molecule has 1 fully saturated rings. The van der Waals surface area contributed by atoms with E-state index in [0.717, 1.165) is 29.0 Å². The van der Waals surface area contributed by atoms with Crippen molar-refractivity contribution < 1.29 is 22.7 Å². The maximum absolute atomic E-state index is 12.8. The predicted octanol–water partition coefficient (Wildman–Crippen LogP) is 0.590. The first kappa shape index (κ1) is 22.3. The van der Waals surface area contributed by atoms with E-state index in [1.165, 1.54) is 11.9 Å². The third-order valence-corrected chi connectivity index (χ3v) is 6.08. The number of carbonyl (C=O) groups is 2. The molecule has 1 saturated heterocycles. The molecule has 1 N–H and O–H groups in total. The van der Waals surface area contributed by atoms with Crippen molar-refractivity contribution in [3.8, 4) is 0 Å². The molecule has 1 aromatic carbocycles. The molecule has 0 saturated carbocycles. The van der Waals surface area contributed by atoms with Crippen LogP contribution in [-0.2, 0) is 30.9 Å². The van der Waals surface area contributed by atoms with Crippen molar-refractivity contribution in [3.63, 3.8) is 0 Å². The number of nitrogens with zero attached hydrogens (tertiary/aromatic N) is 2. The number of ether oxygens (including phenoxy) is 1. The van der Waals surface area contributed by atoms with Gasteiger partial charge in [0.15, 0.2) is 0 Å². The molecule has 28 heavy (non-hydrogen) atoms. The minimum Gasteiger partial charge on any atom is -0.376 e. The van der Waals surface area contributed by atoms with Crippen LogP contribution in [0.5, 0.6) is 0 Å². The van der Waals surface area contributed by atoms with Crippen molar-refractivity contribution in [2.24, 2.45) is 0 Å². The average molecular weight is 412 g/mol. The summed E-state index contributed by atoms with van der Waals surface area (Å²) in [4.78, 5) is 26.9. The molecule has 9 heteroatoms. The molecular formula is C19H29N3O5S. The molecule has 1 heterocycles. The lowest BCUT2D eigenvalue weighted by atomic mass is 10.1. The second-order valence-corrected chi connectivity index (χ2v) is 9.17. The van der Waals surface area contributed by atoms with E-state index in [4.69, 9.17) is 4.74 Å². The summed E-state index contributed by atoms with van der Waals surface area (Å²) >= 11 is 0. The minimum atomic E-state index is -3.50. The first-order valence-corrected chi connectivity index (χ1v) is 11.2. The minimum absolute atomic E-state index is 0.00536. The fraction of sp³-hybridized carbons (Fsp3) is 0.579. The Morgan fingerprint density at radius 3 is 2.54 bits per heavy atom. The summed E-state index contributed by atoms with van der Waals surface area (Å²) in [7, 11) is -2.16. The highest BCUT2D eigenvalue weighted by atomic mass is 32.2. The van der Waals surface area contributed by atoms with E-state index >= 15 is 0 Å². The Bertz CT molecular complexity index is 763. The summed E-state index contributed by atoms with van der Waals surface area (Å²) < 4.78 is 29.8. The Morgan fingerprint density at radius 1 is 1.29 bits per heavy atom. The van der Waals surface area contributed by atoms with Crippen molar-refractivity contribution in [2.45, 2.75) is 38.5 Å². The molecule has 8 nitrogen and oxygen atoms in total. The van der Waals surface area contributed by atoms with E-state index in [9.17, 15) is 18.0 Å². The molecule has 0 spiro atoms. The van der Waals surface area contributed by atoms with Crippen LogP contribution in [0.25, 0.3) is 0 Å². The second-order valence-electron chi connectivity index (χ2n) is 7.08. The van der Waals surface area contributed by atoms with Gasteiger partial charge < -0.3 is 15.0 Å². The first-order chi connectivity index (χ1) is 13.2. The Kier molecular flexibility index (Phi) is 7.97. The molecule has 1 aromatic rings. The maximum atomic E-state index is 12.8. The van der Waals surface area contributed by atoms with Crippen LogP contribution in [0.4, 0.5) is 0 Å². The second kappa shape index (κ2) is 9.99. The number of nitrogens with one attached hydrogen (secondary N) is 1. The van der Waals surface area contributed by atoms with Gasteiger partial charge in [-0.05, 0) is 25.3 Å². The standard InChI is InChI=1S/C19H29N3O5S/c1-15(19(24)20-12-17-10-7-11-27-17)22(13-16-8-5-4-6-9-16)18(23)14-21(2)28(3,25)26/h4-6,8-9,15,17H,7,10-14H2,1-3H3,(H,20,24)/t15-,17+/m0/s1. The van der Waals surface area contributed by atoms with Crippen molar-refractivity contribution in [1.82, 2.24) is 14.5 Å². The molecule has 1 aliphatic rings. The number of rotatable bonds is 9. The Labute approximate surface area is 166 Å². The molecule has 2 atom stereocenters. The summed E-state index contributed by atoms with van der Waals surface area (Å²) in [6.45, 7) is 2.64. The van der Waals surface area contributed by atoms with Gasteiger partial charge in [0.05, 0.1) is 18.9 Å². The van der Waals surface area contributed by atoms with Crippen LogP contribution in [0, 0.1) is 0 Å². The van der Waals surface area contributed by atoms with Gasteiger partial charge in [-0.15, -0.1) is 0 Å². The molecule has 156 valence electrons. The fourth-order valence-corrected chi connectivity index (χ4v) is 3.27. The van der Waals surface area contributed by atoms with E-state index in [1.54, 1.807) is 6.92 Å². The van der Waals surface area contributed by atoms with Gasteiger partial charge in [0, 0.05) is 26.7 Å². The van der Waals surface area contributed by atoms with Crippen LogP contribution in [0.2, 0.25) is 0 Å². The Hall–Kier alpha value is -1.97. The zero-order valence-corrected chi connectivity index (χ0v) is 17.4. The van der Waals surface area contributed by atoms with Gasteiger partial charge >= 0.3 is 0 Å². The maximum Gasteiger partial charge on any atom is 0.242 e. The fourth-order valence-electron chi connectivity index (χ4n) is 2.93. The molecule has 0 radical (unpaired) electrons. The highest BCUT2D eigenvalue weighted by Gasteiger charge is 2.29. The SMILES string of the molecule is C[C@@H](C(=O)NC[C@H]1CCCO1)N(Cc1ccccc1)C(=O)CN(C)S(C)(=O)=O. The van der Waals surface area contributed by atoms with Gasteiger partial charge in [-0.25, -0.2) is 8.42 Å². The summed E-state index contributed by atoms with van der Waals surface area (Å²) in [6, 6.07) is 8.54. The van der Waals surface area contributed by atoms with Crippen LogP contribution < -0.4 is 5.32 Å². The highest BCUT2D eigenvalue weighted by molar-refractivity contribution is 7.88. The number of likely N-dealkylation sites (N-methyl/N-ethyl adjacent to an activating group) is 1. The monoisotopic (exact) mass is 411 g/mol. The first-order valence-electron chi connectivity index (χ1n) is 9.32. The van der Waals surface area contributed by atoms with E-state index in [0.29, 0.717) is 13.2 Å². The van der Waals surface area contributed by atoms with E-state index in [1.807, 2.05) is 30.3 Å². The third-order valence-electron chi connectivity index (χ3n) is 4.82. The zero-order valence-electron chi connectivity index (χ0n) is 16.6. The molecule has 0 unspecified atom stereocenters. The Balaban J connectivity index is 2.09. The molecule has 2 rings (SSSR count). The van der Waals surface area contributed by atoms with Crippen LogP contribution in [0.3, 0.4) is 0 Å². The normalized spacial score (nSPS) is 18.1. The molecule has 2 amide bonds. The summed E-state index contributed by atoms with van der Waals surface area (Å²) in [6.07, 6.45) is 2.93. The average Bonchev–Trinajstić information content (AvgIpc) is 3.17. The molecule has 0 aliphatic carbocycles. The van der Waals surface area contributed by atoms with E-state index in [-0.39, 0.29) is 25.1 Å². The summed E-state index contributed by atoms with van der Waals surface area (Å²) in [5.74, 6) is -0.724. The molecule has 1 aliphatic heterocycles. The van der Waals surface area contributed by atoms with E-state index in [2.05, 4.69) is 5.32 Å². The van der Waals surface area contributed by atoms with Gasteiger partial charge in [0.1, 0.15) is 6.04 Å². The van der Waals surface area contributed by atoms with Crippen LogP contribution in [0.15, 0.2) is 30.3 Å². The van der Waals surface area contributed by atoms with Gasteiger partial charge in [0.2, 0.25) is 21.8 Å².